The van der Waals surface area contributed by atoms with Crippen molar-refractivity contribution in [1.29, 1.82) is 0 Å². The van der Waals surface area contributed by atoms with Crippen molar-refractivity contribution >= 4 is 24.0 Å². The number of halogens is 2. The lowest BCUT2D eigenvalue weighted by atomic mass is 10.0. The molecule has 0 spiro atoms. The van der Waals surface area contributed by atoms with Gasteiger partial charge in [-0.05, 0) is 18.2 Å². The van der Waals surface area contributed by atoms with Crippen molar-refractivity contribution in [1.82, 2.24) is 0 Å². The zero-order valence-corrected chi connectivity index (χ0v) is 10.3. The van der Waals surface area contributed by atoms with Crippen molar-refractivity contribution in [2.45, 2.75) is 6.04 Å². The number of para-hydroxylation sites is 1. The molecule has 1 aliphatic heterocycles. The highest BCUT2D eigenvalue weighted by Gasteiger charge is 2.25. The number of rotatable bonds is 2. The van der Waals surface area contributed by atoms with E-state index in [9.17, 15) is 13.6 Å². The van der Waals surface area contributed by atoms with E-state index < -0.39 is 17.7 Å². The third kappa shape index (κ3) is 2.07. The van der Waals surface area contributed by atoms with E-state index >= 15 is 0 Å². The van der Waals surface area contributed by atoms with Crippen molar-refractivity contribution < 1.29 is 13.6 Å². The Labute approximate surface area is 114 Å². The van der Waals surface area contributed by atoms with Crippen molar-refractivity contribution in [3.05, 3.63) is 59.7 Å². The first-order valence-corrected chi connectivity index (χ1v) is 6.02. The molecule has 1 heterocycles. The second kappa shape index (κ2) is 4.85. The van der Waals surface area contributed by atoms with Crippen LogP contribution in [0.3, 0.4) is 0 Å². The number of carbonyl (C=O) groups is 1. The summed E-state index contributed by atoms with van der Waals surface area (Å²) in [4.78, 5) is 17.0. The van der Waals surface area contributed by atoms with Gasteiger partial charge in [0.05, 0.1) is 12.0 Å². The van der Waals surface area contributed by atoms with E-state index in [1.54, 1.807) is 18.2 Å². The first-order chi connectivity index (χ1) is 9.69. The monoisotopic (exact) mass is 272 g/mol. The zero-order valence-electron chi connectivity index (χ0n) is 10.3. The fraction of sp³-hybridized carbons (Fsp3) is 0.0667. The van der Waals surface area contributed by atoms with Crippen LogP contribution in [0.1, 0.15) is 11.6 Å². The molecule has 2 aromatic rings. The number of nitrogens with zero attached hydrogens (tertiary/aromatic N) is 2. The molecule has 0 aliphatic carbocycles. The molecule has 0 bridgehead atoms. The summed E-state index contributed by atoms with van der Waals surface area (Å²) in [6, 6.07) is 9.63. The van der Waals surface area contributed by atoms with Gasteiger partial charge in [-0.25, -0.2) is 13.8 Å². The maximum Gasteiger partial charge on any atom is 0.147 e. The summed E-state index contributed by atoms with van der Waals surface area (Å²) in [6.07, 6.45) is 2.14. The van der Waals surface area contributed by atoms with E-state index in [0.29, 0.717) is 11.3 Å². The van der Waals surface area contributed by atoms with Gasteiger partial charge in [-0.3, -0.25) is 0 Å². The standard InChI is InChI=1S/C15H10F2N2O/c16-10-5-11(17)7-12(6-10)19-9-18-14-4-2-1-3-13(14)15(19)8-20/h1-9,15H. The lowest BCUT2D eigenvalue weighted by molar-refractivity contribution is -0.108. The summed E-state index contributed by atoms with van der Waals surface area (Å²) in [5.74, 6) is -1.39. The van der Waals surface area contributed by atoms with Crippen molar-refractivity contribution in [3.8, 4) is 0 Å². The van der Waals surface area contributed by atoms with Crippen molar-refractivity contribution in [2.75, 3.05) is 4.90 Å². The molecule has 2 aromatic carbocycles. The Morgan fingerprint density at radius 1 is 1.10 bits per heavy atom. The van der Waals surface area contributed by atoms with Crippen LogP contribution in [-0.4, -0.2) is 12.6 Å². The molecular formula is C15H10F2N2O. The number of benzene rings is 2. The van der Waals surface area contributed by atoms with Crippen LogP contribution in [0.5, 0.6) is 0 Å². The van der Waals surface area contributed by atoms with Crippen molar-refractivity contribution in [3.63, 3.8) is 0 Å². The molecular weight excluding hydrogens is 262 g/mol. The highest BCUT2D eigenvalue weighted by molar-refractivity contribution is 5.91. The number of carbonyl (C=O) groups excluding carboxylic acids is 1. The molecule has 3 nitrogen and oxygen atoms in total. The summed E-state index contributed by atoms with van der Waals surface area (Å²) >= 11 is 0. The van der Waals surface area contributed by atoms with E-state index in [-0.39, 0.29) is 5.69 Å². The number of hydrogen-bond acceptors (Lipinski definition) is 3. The van der Waals surface area contributed by atoms with Crippen LogP contribution in [-0.2, 0) is 4.79 Å². The first kappa shape index (κ1) is 12.5. The molecule has 20 heavy (non-hydrogen) atoms. The summed E-state index contributed by atoms with van der Waals surface area (Å²) in [5, 5.41) is 0. The molecule has 0 amide bonds. The number of anilines is 1. The molecule has 3 rings (SSSR count). The molecule has 0 saturated heterocycles. The summed E-state index contributed by atoms with van der Waals surface area (Å²) in [7, 11) is 0. The number of fused-ring (bicyclic) bond motifs is 1. The van der Waals surface area contributed by atoms with Crippen LogP contribution in [0.4, 0.5) is 20.2 Å². The number of hydrogen-bond donors (Lipinski definition) is 0. The topological polar surface area (TPSA) is 32.7 Å². The summed E-state index contributed by atoms with van der Waals surface area (Å²) in [5.41, 5.74) is 1.63. The normalized spacial score (nSPS) is 16.9. The Hall–Kier alpha value is -2.56. The Morgan fingerprint density at radius 2 is 1.80 bits per heavy atom. The van der Waals surface area contributed by atoms with E-state index in [0.717, 1.165) is 12.4 Å². The Balaban J connectivity index is 2.09. The largest absolute Gasteiger partial charge is 0.318 e. The highest BCUT2D eigenvalue weighted by Crippen LogP contribution is 2.34. The summed E-state index contributed by atoms with van der Waals surface area (Å²) < 4.78 is 26.6. The van der Waals surface area contributed by atoms with Crippen LogP contribution in [0.15, 0.2) is 47.5 Å². The van der Waals surface area contributed by atoms with Crippen LogP contribution in [0, 0.1) is 11.6 Å². The fourth-order valence-corrected chi connectivity index (χ4v) is 2.26. The minimum Gasteiger partial charge on any atom is -0.318 e. The van der Waals surface area contributed by atoms with Gasteiger partial charge in [-0.2, -0.15) is 0 Å². The molecule has 5 heteroatoms. The molecule has 100 valence electrons. The first-order valence-electron chi connectivity index (χ1n) is 6.02. The van der Waals surface area contributed by atoms with E-state index in [2.05, 4.69) is 4.99 Å². The van der Waals surface area contributed by atoms with Gasteiger partial charge in [0.25, 0.3) is 0 Å². The molecule has 0 N–H and O–H groups in total. The van der Waals surface area contributed by atoms with Crippen LogP contribution < -0.4 is 4.90 Å². The van der Waals surface area contributed by atoms with E-state index in [1.807, 2.05) is 6.07 Å². The molecule has 1 unspecified atom stereocenters. The number of aldehydes is 1. The fourth-order valence-electron chi connectivity index (χ4n) is 2.26. The molecule has 0 saturated carbocycles. The predicted octanol–water partition coefficient (Wildman–Crippen LogP) is 3.38. The third-order valence-electron chi connectivity index (χ3n) is 3.15. The maximum atomic E-state index is 13.3. The van der Waals surface area contributed by atoms with Crippen molar-refractivity contribution in [2.24, 2.45) is 4.99 Å². The molecule has 1 atom stereocenters. The second-order valence-corrected chi connectivity index (χ2v) is 4.42. The van der Waals surface area contributed by atoms with Gasteiger partial charge in [0, 0.05) is 17.3 Å². The minimum atomic E-state index is -0.697. The van der Waals surface area contributed by atoms with E-state index in [1.165, 1.54) is 23.4 Å². The summed E-state index contributed by atoms with van der Waals surface area (Å²) in [6.45, 7) is 0. The Bertz CT molecular complexity index is 680. The van der Waals surface area contributed by atoms with Gasteiger partial charge in [0.1, 0.15) is 24.0 Å². The average Bonchev–Trinajstić information content (AvgIpc) is 2.45. The molecule has 0 aromatic heterocycles. The Morgan fingerprint density at radius 3 is 2.50 bits per heavy atom. The lowest BCUT2D eigenvalue weighted by Gasteiger charge is -2.30. The number of aliphatic imine (C=N–C) groups is 1. The molecule has 0 fully saturated rings. The lowest BCUT2D eigenvalue weighted by Crippen LogP contribution is -2.30. The maximum absolute atomic E-state index is 13.3. The zero-order chi connectivity index (χ0) is 14.1. The van der Waals surface area contributed by atoms with Gasteiger partial charge in [-0.1, -0.05) is 18.2 Å². The van der Waals surface area contributed by atoms with Crippen LogP contribution in [0.25, 0.3) is 0 Å². The van der Waals surface area contributed by atoms with Crippen LogP contribution >= 0.6 is 0 Å². The molecule has 1 aliphatic rings. The predicted molar refractivity (Wildman–Crippen MR) is 72.2 cm³/mol. The van der Waals surface area contributed by atoms with Gasteiger partial charge in [0.15, 0.2) is 0 Å². The third-order valence-corrected chi connectivity index (χ3v) is 3.15. The smallest absolute Gasteiger partial charge is 0.147 e. The van der Waals surface area contributed by atoms with Gasteiger partial charge < -0.3 is 9.69 Å². The minimum absolute atomic E-state index is 0.248. The Kier molecular flexibility index (Phi) is 3.02. The van der Waals surface area contributed by atoms with Crippen LogP contribution in [0.2, 0.25) is 0 Å². The average molecular weight is 272 g/mol. The van der Waals surface area contributed by atoms with Gasteiger partial charge in [0.2, 0.25) is 0 Å². The quantitative estimate of drug-likeness (QED) is 0.785. The second-order valence-electron chi connectivity index (χ2n) is 4.42. The SMILES string of the molecule is O=CC1c2ccccc2N=CN1c1cc(F)cc(F)c1. The van der Waals surface area contributed by atoms with E-state index in [4.69, 9.17) is 0 Å². The highest BCUT2D eigenvalue weighted by atomic mass is 19.1. The van der Waals surface area contributed by atoms with Gasteiger partial charge in [-0.15, -0.1) is 0 Å². The molecule has 0 radical (unpaired) electrons. The van der Waals surface area contributed by atoms with Gasteiger partial charge >= 0.3 is 0 Å².